The van der Waals surface area contributed by atoms with Crippen LogP contribution >= 0.6 is 11.3 Å². The number of methoxy groups -OCH3 is 1. The maximum Gasteiger partial charge on any atom is 0.223 e. The van der Waals surface area contributed by atoms with Crippen molar-refractivity contribution < 1.29 is 9.53 Å². The normalized spacial score (nSPS) is 10.7. The van der Waals surface area contributed by atoms with Crippen LogP contribution in [0.5, 0.6) is 5.75 Å². The van der Waals surface area contributed by atoms with Gasteiger partial charge in [0.15, 0.2) is 0 Å². The molecule has 3 aromatic rings. The lowest BCUT2D eigenvalue weighted by Gasteiger charge is -2.23. The predicted molar refractivity (Wildman–Crippen MR) is 103 cm³/mol. The molecular weight excluding hydrogens is 346 g/mol. The molecule has 0 atom stereocenters. The van der Waals surface area contributed by atoms with Crippen molar-refractivity contribution in [3.63, 3.8) is 0 Å². The quantitative estimate of drug-likeness (QED) is 0.609. The molecule has 136 valence electrons. The van der Waals surface area contributed by atoms with Crippen molar-refractivity contribution in [2.24, 2.45) is 7.05 Å². The average molecular weight is 369 g/mol. The number of carbonyl (C=O) groups excluding carboxylic acids is 1. The number of ether oxygens (including phenoxy) is 1. The fraction of sp³-hybridized carbons (Fsp3) is 0.300. The van der Waals surface area contributed by atoms with E-state index in [-0.39, 0.29) is 5.91 Å². The minimum atomic E-state index is 0.133. The molecule has 0 aliphatic rings. The number of nitrogens with zero attached hydrogens (tertiary/aromatic N) is 3. The Bertz CT molecular complexity index is 842. The summed E-state index contributed by atoms with van der Waals surface area (Å²) in [7, 11) is 3.54. The summed E-state index contributed by atoms with van der Waals surface area (Å²) in [5.41, 5.74) is 2.09. The van der Waals surface area contributed by atoms with Gasteiger partial charge in [0, 0.05) is 36.7 Å². The first-order valence-electron chi connectivity index (χ1n) is 8.55. The topological polar surface area (TPSA) is 47.4 Å². The zero-order chi connectivity index (χ0) is 18.4. The van der Waals surface area contributed by atoms with E-state index in [2.05, 4.69) is 11.2 Å². The van der Waals surface area contributed by atoms with Crippen LogP contribution in [0.2, 0.25) is 0 Å². The van der Waals surface area contributed by atoms with Gasteiger partial charge in [-0.15, -0.1) is 11.3 Å². The van der Waals surface area contributed by atoms with E-state index < -0.39 is 0 Å². The Morgan fingerprint density at radius 3 is 2.77 bits per heavy atom. The minimum Gasteiger partial charge on any atom is -0.496 e. The Balaban J connectivity index is 1.72. The summed E-state index contributed by atoms with van der Waals surface area (Å²) in [4.78, 5) is 16.0. The van der Waals surface area contributed by atoms with Gasteiger partial charge in [0.25, 0.3) is 0 Å². The molecule has 0 N–H and O–H groups in total. The lowest BCUT2D eigenvalue weighted by atomic mass is 10.1. The first kappa shape index (κ1) is 18.2. The molecule has 0 bridgehead atoms. The number of amides is 1. The summed E-state index contributed by atoms with van der Waals surface area (Å²) in [5.74, 6) is 0.942. The molecular formula is C20H23N3O2S. The van der Waals surface area contributed by atoms with E-state index >= 15 is 0 Å². The highest BCUT2D eigenvalue weighted by atomic mass is 32.1. The first-order valence-corrected chi connectivity index (χ1v) is 9.43. The standard InChI is InChI=1S/C20H23N3O2S/c1-22-13-16(12-21-22)9-10-20(24)23(15-18-7-5-11-26-18)14-17-6-3-4-8-19(17)25-2/h3-8,11-13H,9-10,14-15H2,1-2H3. The van der Waals surface area contributed by atoms with E-state index in [9.17, 15) is 4.79 Å². The van der Waals surface area contributed by atoms with Crippen LogP contribution < -0.4 is 4.74 Å². The number of benzene rings is 1. The van der Waals surface area contributed by atoms with Gasteiger partial charge in [0.2, 0.25) is 5.91 Å². The second kappa shape index (κ2) is 8.67. The van der Waals surface area contributed by atoms with Gasteiger partial charge in [0.1, 0.15) is 5.75 Å². The van der Waals surface area contributed by atoms with E-state index in [1.807, 2.05) is 60.1 Å². The highest BCUT2D eigenvalue weighted by molar-refractivity contribution is 7.09. The van der Waals surface area contributed by atoms with E-state index in [0.29, 0.717) is 25.9 Å². The highest BCUT2D eigenvalue weighted by Gasteiger charge is 2.17. The third-order valence-electron chi connectivity index (χ3n) is 4.22. The molecule has 2 heterocycles. The number of aryl methyl sites for hydroxylation is 2. The van der Waals surface area contributed by atoms with Crippen LogP contribution in [0.25, 0.3) is 0 Å². The van der Waals surface area contributed by atoms with Crippen LogP contribution in [-0.4, -0.2) is 27.7 Å². The number of hydrogen-bond acceptors (Lipinski definition) is 4. The lowest BCUT2D eigenvalue weighted by Crippen LogP contribution is -2.30. The van der Waals surface area contributed by atoms with Crippen molar-refractivity contribution in [2.75, 3.05) is 7.11 Å². The molecule has 0 saturated heterocycles. The maximum absolute atomic E-state index is 12.9. The van der Waals surface area contributed by atoms with Gasteiger partial charge in [0.05, 0.1) is 19.9 Å². The highest BCUT2D eigenvalue weighted by Crippen LogP contribution is 2.22. The fourth-order valence-electron chi connectivity index (χ4n) is 2.87. The largest absolute Gasteiger partial charge is 0.496 e. The van der Waals surface area contributed by atoms with Crippen LogP contribution in [0.15, 0.2) is 54.2 Å². The van der Waals surface area contributed by atoms with E-state index in [1.165, 1.54) is 4.88 Å². The van der Waals surface area contributed by atoms with Crippen molar-refractivity contribution in [1.82, 2.24) is 14.7 Å². The van der Waals surface area contributed by atoms with Crippen LogP contribution in [0.1, 0.15) is 22.4 Å². The first-order chi connectivity index (χ1) is 12.7. The van der Waals surface area contributed by atoms with Gasteiger partial charge >= 0.3 is 0 Å². The Hall–Kier alpha value is -2.60. The number of aromatic nitrogens is 2. The molecule has 6 heteroatoms. The third kappa shape index (κ3) is 4.73. The molecule has 1 aromatic carbocycles. The van der Waals surface area contributed by atoms with E-state index in [0.717, 1.165) is 16.9 Å². The Morgan fingerprint density at radius 1 is 1.23 bits per heavy atom. The van der Waals surface area contributed by atoms with Crippen molar-refractivity contribution >= 4 is 17.2 Å². The fourth-order valence-corrected chi connectivity index (χ4v) is 3.59. The van der Waals surface area contributed by atoms with Gasteiger partial charge in [-0.1, -0.05) is 24.3 Å². The molecule has 0 aliphatic carbocycles. The van der Waals surface area contributed by atoms with Gasteiger partial charge in [-0.25, -0.2) is 0 Å². The Kier molecular flexibility index (Phi) is 6.07. The monoisotopic (exact) mass is 369 g/mol. The third-order valence-corrected chi connectivity index (χ3v) is 5.08. The van der Waals surface area contributed by atoms with Gasteiger partial charge in [-0.05, 0) is 29.5 Å². The molecule has 2 aromatic heterocycles. The van der Waals surface area contributed by atoms with Crippen molar-refractivity contribution in [3.05, 3.63) is 70.2 Å². The van der Waals surface area contributed by atoms with Crippen LogP contribution in [0, 0.1) is 0 Å². The predicted octanol–water partition coefficient (Wildman–Crippen LogP) is 3.65. The molecule has 0 fully saturated rings. The molecule has 0 spiro atoms. The number of thiophene rings is 1. The molecule has 1 amide bonds. The van der Waals surface area contributed by atoms with E-state index in [4.69, 9.17) is 4.74 Å². The molecule has 0 radical (unpaired) electrons. The van der Waals surface area contributed by atoms with Crippen LogP contribution in [-0.2, 0) is 31.4 Å². The second-order valence-corrected chi connectivity index (χ2v) is 7.20. The molecule has 0 aliphatic heterocycles. The van der Waals surface area contributed by atoms with Gasteiger partial charge in [-0.3, -0.25) is 9.48 Å². The SMILES string of the molecule is COc1ccccc1CN(Cc1cccs1)C(=O)CCc1cnn(C)c1. The summed E-state index contributed by atoms with van der Waals surface area (Å²) in [6.07, 6.45) is 4.93. The lowest BCUT2D eigenvalue weighted by molar-refractivity contribution is -0.132. The molecule has 3 rings (SSSR count). The molecule has 0 saturated carbocycles. The minimum absolute atomic E-state index is 0.133. The number of hydrogen-bond donors (Lipinski definition) is 0. The Labute approximate surface area is 157 Å². The van der Waals surface area contributed by atoms with Crippen molar-refractivity contribution in [1.29, 1.82) is 0 Å². The van der Waals surface area contributed by atoms with Crippen LogP contribution in [0.4, 0.5) is 0 Å². The second-order valence-electron chi connectivity index (χ2n) is 6.16. The zero-order valence-corrected chi connectivity index (χ0v) is 15.9. The van der Waals surface area contributed by atoms with Gasteiger partial charge in [-0.2, -0.15) is 5.10 Å². The summed E-state index contributed by atoms with van der Waals surface area (Å²) in [5, 5.41) is 6.21. The summed E-state index contributed by atoms with van der Waals surface area (Å²) in [6.45, 7) is 1.15. The number of rotatable bonds is 8. The smallest absolute Gasteiger partial charge is 0.223 e. The molecule has 26 heavy (non-hydrogen) atoms. The maximum atomic E-state index is 12.9. The number of para-hydroxylation sites is 1. The zero-order valence-electron chi connectivity index (χ0n) is 15.1. The number of carbonyl (C=O) groups is 1. The molecule has 5 nitrogen and oxygen atoms in total. The summed E-state index contributed by atoms with van der Waals surface area (Å²) >= 11 is 1.67. The summed E-state index contributed by atoms with van der Waals surface area (Å²) in [6, 6.07) is 11.9. The molecule has 0 unspecified atom stereocenters. The summed E-state index contributed by atoms with van der Waals surface area (Å²) < 4.78 is 7.21. The van der Waals surface area contributed by atoms with Crippen LogP contribution in [0.3, 0.4) is 0 Å². The van der Waals surface area contributed by atoms with Gasteiger partial charge < -0.3 is 9.64 Å². The van der Waals surface area contributed by atoms with E-state index in [1.54, 1.807) is 23.1 Å². The van der Waals surface area contributed by atoms with Crippen molar-refractivity contribution in [3.8, 4) is 5.75 Å². The van der Waals surface area contributed by atoms with Crippen molar-refractivity contribution in [2.45, 2.75) is 25.9 Å². The average Bonchev–Trinajstić information content (AvgIpc) is 3.31. The Morgan fingerprint density at radius 2 is 2.08 bits per heavy atom.